The highest BCUT2D eigenvalue weighted by atomic mass is 16.5. The summed E-state index contributed by atoms with van der Waals surface area (Å²) in [5.74, 6) is -0.0611. The van der Waals surface area contributed by atoms with Gasteiger partial charge in [0.25, 0.3) is 5.91 Å². The van der Waals surface area contributed by atoms with Gasteiger partial charge in [0.2, 0.25) is 0 Å². The van der Waals surface area contributed by atoms with E-state index in [1.165, 1.54) is 10.8 Å². The van der Waals surface area contributed by atoms with Crippen molar-refractivity contribution in [3.8, 4) is 0 Å². The third-order valence-corrected chi connectivity index (χ3v) is 5.19. The van der Waals surface area contributed by atoms with E-state index >= 15 is 0 Å². The second kappa shape index (κ2) is 8.52. The Morgan fingerprint density at radius 2 is 2.07 bits per heavy atom. The molecule has 146 valence electrons. The van der Waals surface area contributed by atoms with Crippen LogP contribution in [-0.4, -0.2) is 51.6 Å². The second-order valence-corrected chi connectivity index (χ2v) is 7.33. The molecule has 1 atom stereocenters. The first-order valence-corrected chi connectivity index (χ1v) is 10.0. The summed E-state index contributed by atoms with van der Waals surface area (Å²) in [5.41, 5.74) is 1.56. The Morgan fingerprint density at radius 3 is 2.96 bits per heavy atom. The Kier molecular flexibility index (Phi) is 5.67. The molecule has 0 saturated carbocycles. The fourth-order valence-electron chi connectivity index (χ4n) is 3.78. The first-order valence-electron chi connectivity index (χ1n) is 10.0. The summed E-state index contributed by atoms with van der Waals surface area (Å²) in [6, 6.07) is 14.5. The molecule has 1 aliphatic rings. The van der Waals surface area contributed by atoms with Crippen LogP contribution in [0.3, 0.4) is 0 Å². The maximum absolute atomic E-state index is 12.9. The molecule has 2 heterocycles. The standard InChI is InChI=1S/C22H26N4O2/c1-2-13-28-19-10-6-12-25(15-19)22(27)21-16-26(24-23-21)14-18-9-5-8-17-7-3-4-11-20(17)18/h3-5,7-9,11,16,19H,2,6,10,12-15H2,1H3. The molecule has 28 heavy (non-hydrogen) atoms. The molecular weight excluding hydrogens is 352 g/mol. The first kappa shape index (κ1) is 18.6. The molecule has 1 aliphatic heterocycles. The molecule has 0 radical (unpaired) electrons. The zero-order valence-electron chi connectivity index (χ0n) is 16.3. The molecule has 0 spiro atoms. The number of piperidine rings is 1. The van der Waals surface area contributed by atoms with Crippen molar-refractivity contribution >= 4 is 16.7 Å². The van der Waals surface area contributed by atoms with Crippen molar-refractivity contribution in [2.45, 2.75) is 38.8 Å². The largest absolute Gasteiger partial charge is 0.376 e. The number of benzene rings is 2. The number of rotatable bonds is 6. The average molecular weight is 378 g/mol. The minimum absolute atomic E-state index is 0.0611. The zero-order valence-corrected chi connectivity index (χ0v) is 16.3. The minimum Gasteiger partial charge on any atom is -0.376 e. The van der Waals surface area contributed by atoms with E-state index in [9.17, 15) is 4.79 Å². The van der Waals surface area contributed by atoms with Crippen LogP contribution in [0.4, 0.5) is 0 Å². The minimum atomic E-state index is -0.0611. The fourth-order valence-corrected chi connectivity index (χ4v) is 3.78. The van der Waals surface area contributed by atoms with Gasteiger partial charge in [-0.2, -0.15) is 0 Å². The van der Waals surface area contributed by atoms with Crippen molar-refractivity contribution in [2.75, 3.05) is 19.7 Å². The van der Waals surface area contributed by atoms with E-state index in [4.69, 9.17) is 4.74 Å². The molecule has 3 aromatic rings. The Labute approximate surface area is 165 Å². The van der Waals surface area contributed by atoms with E-state index in [1.54, 1.807) is 10.9 Å². The molecule has 2 aromatic carbocycles. The predicted octanol–water partition coefficient (Wildman–Crippen LogP) is 3.51. The van der Waals surface area contributed by atoms with E-state index < -0.39 is 0 Å². The number of likely N-dealkylation sites (tertiary alicyclic amines) is 1. The van der Waals surface area contributed by atoms with Crippen LogP contribution in [0.1, 0.15) is 42.2 Å². The first-order chi connectivity index (χ1) is 13.7. The van der Waals surface area contributed by atoms with Crippen molar-refractivity contribution in [1.29, 1.82) is 0 Å². The molecule has 0 N–H and O–H groups in total. The Hall–Kier alpha value is -2.73. The van der Waals surface area contributed by atoms with Crippen molar-refractivity contribution in [1.82, 2.24) is 19.9 Å². The normalized spacial score (nSPS) is 17.2. The van der Waals surface area contributed by atoms with Crippen LogP contribution in [0.25, 0.3) is 10.8 Å². The number of carbonyl (C=O) groups excluding carboxylic acids is 1. The number of fused-ring (bicyclic) bond motifs is 1. The van der Waals surface area contributed by atoms with Crippen LogP contribution in [-0.2, 0) is 11.3 Å². The van der Waals surface area contributed by atoms with Crippen molar-refractivity contribution in [3.63, 3.8) is 0 Å². The molecule has 4 rings (SSSR count). The zero-order chi connectivity index (χ0) is 19.3. The highest BCUT2D eigenvalue weighted by Gasteiger charge is 2.26. The van der Waals surface area contributed by atoms with E-state index in [2.05, 4.69) is 41.5 Å². The Morgan fingerprint density at radius 1 is 1.21 bits per heavy atom. The number of amides is 1. The van der Waals surface area contributed by atoms with Gasteiger partial charge in [-0.3, -0.25) is 4.79 Å². The van der Waals surface area contributed by atoms with Crippen molar-refractivity contribution < 1.29 is 9.53 Å². The molecule has 1 fully saturated rings. The average Bonchev–Trinajstić information content (AvgIpc) is 3.21. The fraction of sp³-hybridized carbons (Fsp3) is 0.409. The van der Waals surface area contributed by atoms with Crippen LogP contribution in [0.5, 0.6) is 0 Å². The van der Waals surface area contributed by atoms with E-state index in [1.807, 2.05) is 23.1 Å². The molecule has 6 nitrogen and oxygen atoms in total. The van der Waals surface area contributed by atoms with Gasteiger partial charge in [-0.15, -0.1) is 5.10 Å². The summed E-state index contributed by atoms with van der Waals surface area (Å²) >= 11 is 0. The van der Waals surface area contributed by atoms with Gasteiger partial charge >= 0.3 is 0 Å². The van der Waals surface area contributed by atoms with Gasteiger partial charge < -0.3 is 9.64 Å². The van der Waals surface area contributed by atoms with E-state index in [0.29, 0.717) is 18.8 Å². The lowest BCUT2D eigenvalue weighted by Gasteiger charge is -2.32. The maximum atomic E-state index is 12.9. The van der Waals surface area contributed by atoms with Gasteiger partial charge in [-0.25, -0.2) is 4.68 Å². The van der Waals surface area contributed by atoms with Crippen molar-refractivity contribution in [2.24, 2.45) is 0 Å². The molecule has 1 unspecified atom stereocenters. The summed E-state index contributed by atoms with van der Waals surface area (Å²) in [6.07, 6.45) is 4.85. The number of hydrogen-bond acceptors (Lipinski definition) is 4. The lowest BCUT2D eigenvalue weighted by atomic mass is 10.0. The molecule has 1 amide bonds. The maximum Gasteiger partial charge on any atom is 0.276 e. The van der Waals surface area contributed by atoms with Gasteiger partial charge in [-0.05, 0) is 35.6 Å². The molecule has 1 aromatic heterocycles. The number of nitrogens with zero attached hydrogens (tertiary/aromatic N) is 4. The van der Waals surface area contributed by atoms with Crippen molar-refractivity contribution in [3.05, 3.63) is 59.9 Å². The number of aromatic nitrogens is 3. The summed E-state index contributed by atoms with van der Waals surface area (Å²) in [6.45, 7) is 4.81. The predicted molar refractivity (Wildman–Crippen MR) is 108 cm³/mol. The second-order valence-electron chi connectivity index (χ2n) is 7.33. The van der Waals surface area contributed by atoms with Crippen LogP contribution in [0.15, 0.2) is 48.7 Å². The third kappa shape index (κ3) is 4.07. The lowest BCUT2D eigenvalue weighted by molar-refractivity contribution is 0.00192. The monoisotopic (exact) mass is 378 g/mol. The molecule has 0 aliphatic carbocycles. The SMILES string of the molecule is CCCOC1CCCN(C(=O)c2cn(Cc3cccc4ccccc34)nn2)C1. The van der Waals surface area contributed by atoms with Gasteiger partial charge in [-0.1, -0.05) is 54.6 Å². The summed E-state index contributed by atoms with van der Waals surface area (Å²) in [5, 5.41) is 10.7. The molecule has 0 bridgehead atoms. The highest BCUT2D eigenvalue weighted by Crippen LogP contribution is 2.20. The topological polar surface area (TPSA) is 60.2 Å². The van der Waals surface area contributed by atoms with Gasteiger partial charge in [0.15, 0.2) is 5.69 Å². The summed E-state index contributed by atoms with van der Waals surface area (Å²) < 4.78 is 7.58. The Balaban J connectivity index is 1.46. The molecule has 6 heteroatoms. The quantitative estimate of drug-likeness (QED) is 0.659. The van der Waals surface area contributed by atoms with E-state index in [-0.39, 0.29) is 12.0 Å². The van der Waals surface area contributed by atoms with Gasteiger partial charge in [0.1, 0.15) is 0 Å². The lowest BCUT2D eigenvalue weighted by Crippen LogP contribution is -2.43. The summed E-state index contributed by atoms with van der Waals surface area (Å²) in [7, 11) is 0. The smallest absolute Gasteiger partial charge is 0.276 e. The molecular formula is C22H26N4O2. The number of ether oxygens (including phenoxy) is 1. The van der Waals surface area contributed by atoms with Gasteiger partial charge in [0, 0.05) is 19.7 Å². The Bertz CT molecular complexity index is 947. The van der Waals surface area contributed by atoms with Crippen LogP contribution in [0, 0.1) is 0 Å². The number of hydrogen-bond donors (Lipinski definition) is 0. The highest BCUT2D eigenvalue weighted by molar-refractivity contribution is 5.92. The van der Waals surface area contributed by atoms with Gasteiger partial charge in [0.05, 0.1) is 18.8 Å². The van der Waals surface area contributed by atoms with Crippen LogP contribution in [0.2, 0.25) is 0 Å². The van der Waals surface area contributed by atoms with Crippen LogP contribution >= 0.6 is 0 Å². The van der Waals surface area contributed by atoms with E-state index in [0.717, 1.165) is 38.0 Å². The summed E-state index contributed by atoms with van der Waals surface area (Å²) in [4.78, 5) is 14.7. The van der Waals surface area contributed by atoms with Crippen LogP contribution < -0.4 is 0 Å². The molecule has 1 saturated heterocycles. The third-order valence-electron chi connectivity index (χ3n) is 5.19. The number of carbonyl (C=O) groups is 1.